The van der Waals surface area contributed by atoms with Crippen LogP contribution in [0.5, 0.6) is 5.75 Å². The lowest BCUT2D eigenvalue weighted by atomic mass is 9.92. The maximum atomic E-state index is 11.8. The summed E-state index contributed by atoms with van der Waals surface area (Å²) >= 11 is 5.44. The molecular weight excluding hydrogens is 544 g/mol. The standard InChI is InChI=1S/C32H48O8S/c1-3-4-5-6-7-8-9-10-11-12-13-14-15-16-25(41)27(34)31-29(36)28(35)30(37)32(40-31)38-22-17-18-23-21(2)19-26(33)39-24(23)20-22/h17-20,27-32,34-37H,3-16H2,1-2H3/t27?,28-,29-,30+,31+,32+/m0/s1. The van der Waals surface area contributed by atoms with Gasteiger partial charge in [0.1, 0.15) is 41.9 Å². The number of aryl methyl sites for hydroxylation is 1. The van der Waals surface area contributed by atoms with Gasteiger partial charge in [0.25, 0.3) is 0 Å². The molecule has 1 aliphatic heterocycles. The SMILES string of the molecule is CCCCCCCCCCCCCCCC(=S)C(O)[C@H]1O[C@@H](Oc2ccc3c(C)cc(=O)oc3c2)[C@H](O)[C@@H](O)[C@@H]1O. The van der Waals surface area contributed by atoms with Gasteiger partial charge in [0.05, 0.1) is 0 Å². The van der Waals surface area contributed by atoms with Crippen molar-refractivity contribution < 1.29 is 34.3 Å². The summed E-state index contributed by atoms with van der Waals surface area (Å²) in [6.07, 6.45) is 7.80. The van der Waals surface area contributed by atoms with Crippen LogP contribution in [-0.2, 0) is 4.74 Å². The zero-order valence-corrected chi connectivity index (χ0v) is 25.3. The van der Waals surface area contributed by atoms with Crippen LogP contribution in [0.25, 0.3) is 11.0 Å². The second kappa shape index (κ2) is 17.3. The van der Waals surface area contributed by atoms with Gasteiger partial charge in [0, 0.05) is 22.4 Å². The van der Waals surface area contributed by atoms with E-state index in [-0.39, 0.29) is 5.75 Å². The lowest BCUT2D eigenvalue weighted by molar-refractivity contribution is -0.282. The van der Waals surface area contributed by atoms with Gasteiger partial charge in [0.15, 0.2) is 0 Å². The van der Waals surface area contributed by atoms with Gasteiger partial charge in [-0.15, -0.1) is 0 Å². The van der Waals surface area contributed by atoms with Crippen molar-refractivity contribution in [1.29, 1.82) is 0 Å². The molecule has 1 aromatic heterocycles. The van der Waals surface area contributed by atoms with Crippen LogP contribution >= 0.6 is 12.2 Å². The van der Waals surface area contributed by atoms with E-state index in [0.717, 1.165) is 30.2 Å². The first kappa shape index (κ1) is 33.6. The number of fused-ring (bicyclic) bond motifs is 1. The van der Waals surface area contributed by atoms with Gasteiger partial charge in [-0.25, -0.2) is 4.79 Å². The quantitative estimate of drug-likeness (QED) is 0.101. The van der Waals surface area contributed by atoms with E-state index in [1.165, 1.54) is 76.3 Å². The van der Waals surface area contributed by atoms with Crippen molar-refractivity contribution in [2.24, 2.45) is 0 Å². The van der Waals surface area contributed by atoms with Gasteiger partial charge in [0.2, 0.25) is 6.29 Å². The zero-order valence-electron chi connectivity index (χ0n) is 24.5. The summed E-state index contributed by atoms with van der Waals surface area (Å²) < 4.78 is 16.7. The van der Waals surface area contributed by atoms with E-state index in [2.05, 4.69) is 6.92 Å². The van der Waals surface area contributed by atoms with Crippen molar-refractivity contribution in [2.75, 3.05) is 0 Å². The van der Waals surface area contributed by atoms with E-state index >= 15 is 0 Å². The number of aliphatic hydroxyl groups excluding tert-OH is 4. The number of hydrogen-bond donors (Lipinski definition) is 4. The Balaban J connectivity index is 1.42. The number of ether oxygens (including phenoxy) is 2. The molecule has 3 rings (SSSR count). The molecule has 4 N–H and O–H groups in total. The molecule has 8 nitrogen and oxygen atoms in total. The van der Waals surface area contributed by atoms with E-state index < -0.39 is 42.4 Å². The molecule has 0 amide bonds. The monoisotopic (exact) mass is 592 g/mol. The fourth-order valence-corrected chi connectivity index (χ4v) is 5.67. The highest BCUT2D eigenvalue weighted by Gasteiger charge is 2.48. The molecule has 1 fully saturated rings. The summed E-state index contributed by atoms with van der Waals surface area (Å²) in [5, 5.41) is 43.1. The van der Waals surface area contributed by atoms with E-state index in [9.17, 15) is 25.2 Å². The van der Waals surface area contributed by atoms with Gasteiger partial charge in [-0.05, 0) is 37.5 Å². The van der Waals surface area contributed by atoms with Gasteiger partial charge >= 0.3 is 5.63 Å². The Morgan fingerprint density at radius 2 is 1.46 bits per heavy atom. The average molecular weight is 593 g/mol. The third-order valence-electron chi connectivity index (χ3n) is 7.95. The van der Waals surface area contributed by atoms with Crippen LogP contribution in [0, 0.1) is 6.92 Å². The average Bonchev–Trinajstić information content (AvgIpc) is 2.95. The van der Waals surface area contributed by atoms with Gasteiger partial charge in [-0.2, -0.15) is 0 Å². The number of thiocarbonyl (C=S) groups is 1. The number of hydrogen-bond acceptors (Lipinski definition) is 9. The highest BCUT2D eigenvalue weighted by atomic mass is 32.1. The second-order valence-electron chi connectivity index (χ2n) is 11.4. The smallest absolute Gasteiger partial charge is 0.336 e. The Morgan fingerprint density at radius 1 is 0.878 bits per heavy atom. The first-order valence-electron chi connectivity index (χ1n) is 15.3. The molecule has 0 bridgehead atoms. The molecule has 2 aromatic rings. The number of unbranched alkanes of at least 4 members (excludes halogenated alkanes) is 12. The largest absolute Gasteiger partial charge is 0.462 e. The lowest BCUT2D eigenvalue weighted by Gasteiger charge is -2.42. The predicted octanol–water partition coefficient (Wildman–Crippen LogP) is 5.50. The number of rotatable bonds is 18. The molecule has 0 radical (unpaired) electrons. The van der Waals surface area contributed by atoms with Crippen molar-refractivity contribution in [2.45, 2.75) is 141 Å². The predicted molar refractivity (Wildman–Crippen MR) is 163 cm³/mol. The minimum atomic E-state index is -1.62. The summed E-state index contributed by atoms with van der Waals surface area (Å²) in [6, 6.07) is 6.21. The molecule has 1 aliphatic rings. The Labute approximate surface area is 248 Å². The maximum Gasteiger partial charge on any atom is 0.336 e. The van der Waals surface area contributed by atoms with Crippen LogP contribution in [0.2, 0.25) is 0 Å². The molecule has 0 spiro atoms. The summed E-state index contributed by atoms with van der Waals surface area (Å²) in [5.74, 6) is 0.224. The molecule has 0 saturated carbocycles. The summed E-state index contributed by atoms with van der Waals surface area (Å²) in [4.78, 5) is 12.1. The van der Waals surface area contributed by atoms with Crippen LogP contribution < -0.4 is 10.4 Å². The van der Waals surface area contributed by atoms with Crippen LogP contribution in [0.4, 0.5) is 0 Å². The Bertz CT molecular complexity index is 1130. The van der Waals surface area contributed by atoms with Gasteiger partial charge < -0.3 is 34.3 Å². The van der Waals surface area contributed by atoms with E-state index in [4.69, 9.17) is 26.1 Å². The number of aliphatic hydroxyl groups is 4. The maximum absolute atomic E-state index is 11.8. The van der Waals surface area contributed by atoms with Crippen molar-refractivity contribution in [3.05, 3.63) is 40.2 Å². The van der Waals surface area contributed by atoms with Crippen LogP contribution in [-0.4, -0.2) is 62.1 Å². The normalized spacial score (nSPS) is 23.5. The molecule has 1 unspecified atom stereocenters. The number of benzene rings is 1. The van der Waals surface area contributed by atoms with Crippen LogP contribution in [0.3, 0.4) is 0 Å². The zero-order chi connectivity index (χ0) is 29.8. The molecule has 0 aliphatic carbocycles. The highest BCUT2D eigenvalue weighted by Crippen LogP contribution is 2.29. The van der Waals surface area contributed by atoms with Crippen molar-refractivity contribution in [3.63, 3.8) is 0 Å². The molecule has 41 heavy (non-hydrogen) atoms. The minimum Gasteiger partial charge on any atom is -0.462 e. The van der Waals surface area contributed by atoms with Crippen LogP contribution in [0.15, 0.2) is 33.5 Å². The Morgan fingerprint density at radius 3 is 2.07 bits per heavy atom. The topological polar surface area (TPSA) is 130 Å². The third kappa shape index (κ3) is 10.1. The minimum absolute atomic E-state index is 0.224. The first-order valence-corrected chi connectivity index (χ1v) is 15.8. The van der Waals surface area contributed by atoms with Gasteiger partial charge in [-0.1, -0.05) is 96.2 Å². The Hall–Kier alpha value is -1.88. The van der Waals surface area contributed by atoms with E-state index in [0.29, 0.717) is 16.9 Å². The summed E-state index contributed by atoms with van der Waals surface area (Å²) in [5.41, 5.74) is 0.546. The molecule has 2 heterocycles. The van der Waals surface area contributed by atoms with E-state index in [1.54, 1.807) is 19.1 Å². The van der Waals surface area contributed by atoms with Crippen molar-refractivity contribution in [1.82, 2.24) is 0 Å². The molecule has 1 aromatic carbocycles. The molecule has 230 valence electrons. The molecule has 1 saturated heterocycles. The third-order valence-corrected chi connectivity index (χ3v) is 8.40. The van der Waals surface area contributed by atoms with Gasteiger partial charge in [-0.3, -0.25) is 0 Å². The summed E-state index contributed by atoms with van der Waals surface area (Å²) in [7, 11) is 0. The molecule has 6 atom stereocenters. The van der Waals surface area contributed by atoms with Crippen LogP contribution in [0.1, 0.15) is 102 Å². The van der Waals surface area contributed by atoms with Crippen molar-refractivity contribution >= 4 is 28.1 Å². The fraction of sp³-hybridized carbons (Fsp3) is 0.688. The van der Waals surface area contributed by atoms with E-state index in [1.807, 2.05) is 0 Å². The highest BCUT2D eigenvalue weighted by molar-refractivity contribution is 7.80. The lowest BCUT2D eigenvalue weighted by Crippen LogP contribution is -2.62. The second-order valence-corrected chi connectivity index (χ2v) is 11.9. The molecular formula is C32H48O8S. The first-order chi connectivity index (χ1) is 19.7. The Kier molecular flexibility index (Phi) is 14.2. The summed E-state index contributed by atoms with van der Waals surface area (Å²) in [6.45, 7) is 4.03. The molecule has 9 heteroatoms. The fourth-order valence-electron chi connectivity index (χ4n) is 5.39. The van der Waals surface area contributed by atoms with Crippen molar-refractivity contribution in [3.8, 4) is 5.75 Å².